The van der Waals surface area contributed by atoms with Crippen LogP contribution in [0.4, 0.5) is 0 Å². The Bertz CT molecular complexity index is 1290. The maximum Gasteiger partial charge on any atom is 0.248 e. The molecule has 5 rings (SSSR count). The molecule has 1 saturated heterocycles. The molecule has 2 heterocycles. The Balaban J connectivity index is 0.00000289. The van der Waals surface area contributed by atoms with Gasteiger partial charge >= 0.3 is 0 Å². The Morgan fingerprint density at radius 3 is 2.40 bits per heavy atom. The second kappa shape index (κ2) is 10.8. The van der Waals surface area contributed by atoms with Crippen molar-refractivity contribution >= 4 is 18.3 Å². The summed E-state index contributed by atoms with van der Waals surface area (Å²) in [6.45, 7) is 4.59. The first kappa shape index (κ1) is 24.6. The number of amides is 1. The van der Waals surface area contributed by atoms with Crippen LogP contribution in [0.15, 0.2) is 77.2 Å². The van der Waals surface area contributed by atoms with Crippen LogP contribution in [-0.2, 0) is 11.3 Å². The van der Waals surface area contributed by atoms with Crippen LogP contribution in [0.2, 0.25) is 0 Å². The third-order valence-corrected chi connectivity index (χ3v) is 6.59. The number of nitrogens with two attached hydrogens (primary N) is 1. The summed E-state index contributed by atoms with van der Waals surface area (Å²) in [6, 6.07) is 24.6. The zero-order chi connectivity index (χ0) is 23.5. The fraction of sp³-hybridized carbons (Fsp3) is 0.250. The van der Waals surface area contributed by atoms with Crippen LogP contribution >= 0.6 is 12.4 Å². The number of aromatic nitrogens is 2. The van der Waals surface area contributed by atoms with E-state index in [2.05, 4.69) is 52.4 Å². The van der Waals surface area contributed by atoms with Gasteiger partial charge in [-0.05, 0) is 66.8 Å². The molecule has 1 aromatic heterocycles. The first-order chi connectivity index (χ1) is 16.6. The fourth-order valence-corrected chi connectivity index (χ4v) is 4.69. The Kier molecular flexibility index (Phi) is 7.63. The van der Waals surface area contributed by atoms with E-state index in [0.717, 1.165) is 60.3 Å². The van der Waals surface area contributed by atoms with Crippen molar-refractivity contribution in [1.82, 2.24) is 15.1 Å². The zero-order valence-corrected chi connectivity index (χ0v) is 20.5. The van der Waals surface area contributed by atoms with Crippen LogP contribution in [-0.4, -0.2) is 34.1 Å². The van der Waals surface area contributed by atoms with E-state index >= 15 is 0 Å². The SMILES string of the molecule is Cc1c(-c2ccccc2)cccc1-c1nnc(-c2ccc(CN3CCCC(C(N)=O)C3)cc2)o1.Cl. The van der Waals surface area contributed by atoms with Gasteiger partial charge in [0.1, 0.15) is 0 Å². The third kappa shape index (κ3) is 5.45. The van der Waals surface area contributed by atoms with Crippen molar-refractivity contribution < 1.29 is 9.21 Å². The van der Waals surface area contributed by atoms with Crippen LogP contribution < -0.4 is 5.73 Å². The van der Waals surface area contributed by atoms with E-state index in [4.69, 9.17) is 10.2 Å². The molecule has 1 amide bonds. The van der Waals surface area contributed by atoms with Gasteiger partial charge in [0.25, 0.3) is 0 Å². The van der Waals surface area contributed by atoms with E-state index in [1.165, 1.54) is 5.56 Å². The molecule has 7 heteroatoms. The van der Waals surface area contributed by atoms with Gasteiger partial charge in [0, 0.05) is 24.2 Å². The quantitative estimate of drug-likeness (QED) is 0.387. The molecule has 4 aromatic rings. The van der Waals surface area contributed by atoms with Gasteiger partial charge in [-0.25, -0.2) is 0 Å². The number of hydrogen-bond donors (Lipinski definition) is 1. The lowest BCUT2D eigenvalue weighted by Gasteiger charge is -2.31. The van der Waals surface area contributed by atoms with Crippen LogP contribution in [0.5, 0.6) is 0 Å². The minimum absolute atomic E-state index is 0. The molecule has 1 unspecified atom stereocenters. The number of benzene rings is 3. The molecule has 1 aliphatic rings. The molecule has 180 valence electrons. The van der Waals surface area contributed by atoms with Crippen molar-refractivity contribution in [2.75, 3.05) is 13.1 Å². The second-order valence-electron chi connectivity index (χ2n) is 8.93. The average Bonchev–Trinajstić information content (AvgIpc) is 3.35. The van der Waals surface area contributed by atoms with Crippen LogP contribution in [0.3, 0.4) is 0 Å². The smallest absolute Gasteiger partial charge is 0.248 e. The number of primary amides is 1. The lowest BCUT2D eigenvalue weighted by Crippen LogP contribution is -2.40. The summed E-state index contributed by atoms with van der Waals surface area (Å²) in [5.74, 6) is 0.767. The Hall–Kier alpha value is -3.48. The molecule has 0 bridgehead atoms. The molecule has 0 radical (unpaired) electrons. The van der Waals surface area contributed by atoms with Crippen molar-refractivity contribution in [2.24, 2.45) is 11.7 Å². The van der Waals surface area contributed by atoms with E-state index in [0.29, 0.717) is 11.8 Å². The number of rotatable bonds is 6. The summed E-state index contributed by atoms with van der Waals surface area (Å²) < 4.78 is 6.07. The summed E-state index contributed by atoms with van der Waals surface area (Å²) in [7, 11) is 0. The summed E-state index contributed by atoms with van der Waals surface area (Å²) in [5.41, 5.74) is 11.9. The zero-order valence-electron chi connectivity index (χ0n) is 19.7. The highest BCUT2D eigenvalue weighted by atomic mass is 35.5. The molecule has 35 heavy (non-hydrogen) atoms. The van der Waals surface area contributed by atoms with E-state index in [1.54, 1.807) is 0 Å². The van der Waals surface area contributed by atoms with Gasteiger partial charge in [0.15, 0.2) is 0 Å². The summed E-state index contributed by atoms with van der Waals surface area (Å²) in [5, 5.41) is 8.63. The molecule has 3 aromatic carbocycles. The van der Waals surface area contributed by atoms with E-state index < -0.39 is 0 Å². The van der Waals surface area contributed by atoms with Gasteiger partial charge in [-0.1, -0.05) is 54.6 Å². The van der Waals surface area contributed by atoms with Gasteiger partial charge in [-0.2, -0.15) is 0 Å². The molecule has 1 fully saturated rings. The highest BCUT2D eigenvalue weighted by Gasteiger charge is 2.24. The fourth-order valence-electron chi connectivity index (χ4n) is 4.69. The van der Waals surface area contributed by atoms with Gasteiger partial charge < -0.3 is 10.2 Å². The van der Waals surface area contributed by atoms with Gasteiger partial charge in [-0.15, -0.1) is 22.6 Å². The molecule has 0 aliphatic carbocycles. The summed E-state index contributed by atoms with van der Waals surface area (Å²) >= 11 is 0. The molecular formula is C28H29ClN4O2. The number of halogens is 1. The van der Waals surface area contributed by atoms with Crippen molar-refractivity contribution in [1.29, 1.82) is 0 Å². The normalized spacial score (nSPS) is 16.0. The maximum atomic E-state index is 11.5. The van der Waals surface area contributed by atoms with Crippen molar-refractivity contribution in [3.05, 3.63) is 83.9 Å². The first-order valence-electron chi connectivity index (χ1n) is 11.7. The number of hydrogen-bond acceptors (Lipinski definition) is 5. The largest absolute Gasteiger partial charge is 0.416 e. The average molecular weight is 489 g/mol. The van der Waals surface area contributed by atoms with E-state index in [9.17, 15) is 4.79 Å². The second-order valence-corrected chi connectivity index (χ2v) is 8.93. The van der Waals surface area contributed by atoms with E-state index in [-0.39, 0.29) is 24.2 Å². The number of piperidine rings is 1. The van der Waals surface area contributed by atoms with Gasteiger partial charge in [-0.3, -0.25) is 9.69 Å². The summed E-state index contributed by atoms with van der Waals surface area (Å²) in [6.07, 6.45) is 1.89. The lowest BCUT2D eigenvalue weighted by atomic mass is 9.96. The Labute approximate surface area is 211 Å². The Morgan fingerprint density at radius 1 is 0.943 bits per heavy atom. The van der Waals surface area contributed by atoms with Gasteiger partial charge in [0.2, 0.25) is 17.7 Å². The van der Waals surface area contributed by atoms with Crippen molar-refractivity contribution in [2.45, 2.75) is 26.3 Å². The molecule has 2 N–H and O–H groups in total. The topological polar surface area (TPSA) is 85.3 Å². The molecular weight excluding hydrogens is 460 g/mol. The van der Waals surface area contributed by atoms with Gasteiger partial charge in [0.05, 0.1) is 5.92 Å². The number of carbonyl (C=O) groups is 1. The van der Waals surface area contributed by atoms with Crippen molar-refractivity contribution in [3.8, 4) is 34.0 Å². The van der Waals surface area contributed by atoms with Crippen LogP contribution in [0.25, 0.3) is 34.0 Å². The number of nitrogens with zero attached hydrogens (tertiary/aromatic N) is 3. The number of likely N-dealkylation sites (tertiary alicyclic amines) is 1. The van der Waals surface area contributed by atoms with Crippen LogP contribution in [0, 0.1) is 12.8 Å². The predicted octanol–water partition coefficient (Wildman–Crippen LogP) is 5.50. The monoisotopic (exact) mass is 488 g/mol. The number of carbonyl (C=O) groups excluding carboxylic acids is 1. The Morgan fingerprint density at radius 2 is 1.66 bits per heavy atom. The first-order valence-corrected chi connectivity index (χ1v) is 11.7. The predicted molar refractivity (Wildman–Crippen MR) is 140 cm³/mol. The minimum atomic E-state index is -0.197. The molecule has 1 atom stereocenters. The van der Waals surface area contributed by atoms with E-state index in [1.807, 2.05) is 42.5 Å². The molecule has 1 aliphatic heterocycles. The molecule has 0 spiro atoms. The maximum absolute atomic E-state index is 11.5. The third-order valence-electron chi connectivity index (χ3n) is 6.59. The lowest BCUT2D eigenvalue weighted by molar-refractivity contribution is -0.123. The van der Waals surface area contributed by atoms with Crippen molar-refractivity contribution in [3.63, 3.8) is 0 Å². The molecule has 0 saturated carbocycles. The molecule has 6 nitrogen and oxygen atoms in total. The summed E-state index contributed by atoms with van der Waals surface area (Å²) in [4.78, 5) is 13.8. The highest BCUT2D eigenvalue weighted by Crippen LogP contribution is 2.32. The van der Waals surface area contributed by atoms with Crippen LogP contribution in [0.1, 0.15) is 24.0 Å². The standard InChI is InChI=1S/C28H28N4O2.ClH/c1-19-24(21-7-3-2-4-8-21)10-5-11-25(19)28-31-30-27(34-28)22-14-12-20(13-15-22)17-32-16-6-9-23(18-32)26(29)33;/h2-5,7-8,10-15,23H,6,9,16-18H2,1H3,(H2,29,33);1H. The minimum Gasteiger partial charge on any atom is -0.416 e. The highest BCUT2D eigenvalue weighted by molar-refractivity contribution is 5.85.